The number of nitrogens with two attached hydrogens (primary N) is 2. The fourth-order valence-corrected chi connectivity index (χ4v) is 0.971. The van der Waals surface area contributed by atoms with Crippen molar-refractivity contribution >= 4 is 5.97 Å². The van der Waals surface area contributed by atoms with Crippen molar-refractivity contribution in [2.75, 3.05) is 19.8 Å². The van der Waals surface area contributed by atoms with E-state index in [4.69, 9.17) is 21.3 Å². The molecule has 0 heterocycles. The van der Waals surface area contributed by atoms with Crippen molar-refractivity contribution in [2.45, 2.75) is 31.7 Å². The van der Waals surface area contributed by atoms with E-state index in [1.807, 2.05) is 0 Å². The van der Waals surface area contributed by atoms with Crippen LogP contribution < -0.4 is 11.5 Å². The van der Waals surface area contributed by atoms with Crippen LogP contribution in [0.25, 0.3) is 0 Å². The summed E-state index contributed by atoms with van der Waals surface area (Å²) in [5.41, 5.74) is 10.9. The minimum Gasteiger partial charge on any atom is -0.464 e. The lowest BCUT2D eigenvalue weighted by molar-refractivity contribution is -0.145. The number of carbonyl (C=O) groups excluding carboxylic acids is 1. The molecule has 0 radical (unpaired) electrons. The Morgan fingerprint density at radius 1 is 1.36 bits per heavy atom. The summed E-state index contributed by atoms with van der Waals surface area (Å²) in [4.78, 5) is 11.2. The number of unbranched alkanes of at least 4 members (excludes halogenated alkanes) is 1. The second-order valence-corrected chi connectivity index (χ2v) is 3.14. The summed E-state index contributed by atoms with van der Waals surface area (Å²) < 4.78 is 4.82. The van der Waals surface area contributed by atoms with Crippen LogP contribution >= 0.6 is 0 Å². The number of hydrogen-bond donors (Lipinski definition) is 3. The predicted octanol–water partition coefficient (Wildman–Crippen LogP) is -0.632. The van der Waals surface area contributed by atoms with Crippen molar-refractivity contribution in [1.29, 1.82) is 0 Å². The SMILES string of the molecule is NCCCC[C@H](N)C(=O)OCCCO. The molecule has 5 nitrogen and oxygen atoms in total. The molecule has 0 aliphatic carbocycles. The number of hydrogen-bond acceptors (Lipinski definition) is 5. The van der Waals surface area contributed by atoms with Crippen molar-refractivity contribution in [2.24, 2.45) is 11.5 Å². The molecule has 0 unspecified atom stereocenters. The molecule has 0 aliphatic heterocycles. The summed E-state index contributed by atoms with van der Waals surface area (Å²) in [5, 5.41) is 8.45. The van der Waals surface area contributed by atoms with Crippen LogP contribution in [-0.4, -0.2) is 36.9 Å². The molecule has 0 bridgehead atoms. The van der Waals surface area contributed by atoms with Gasteiger partial charge in [0.15, 0.2) is 0 Å². The number of carbonyl (C=O) groups is 1. The first-order valence-corrected chi connectivity index (χ1v) is 4.95. The first-order valence-electron chi connectivity index (χ1n) is 4.95. The van der Waals surface area contributed by atoms with Crippen molar-refractivity contribution in [3.63, 3.8) is 0 Å². The van der Waals surface area contributed by atoms with Gasteiger partial charge in [-0.2, -0.15) is 0 Å². The highest BCUT2D eigenvalue weighted by Gasteiger charge is 2.13. The first kappa shape index (κ1) is 13.4. The molecular weight excluding hydrogens is 184 g/mol. The zero-order chi connectivity index (χ0) is 10.8. The molecule has 84 valence electrons. The Kier molecular flexibility index (Phi) is 8.51. The number of ether oxygens (including phenoxy) is 1. The van der Waals surface area contributed by atoms with Gasteiger partial charge in [-0.15, -0.1) is 0 Å². The van der Waals surface area contributed by atoms with Crippen molar-refractivity contribution in [1.82, 2.24) is 0 Å². The summed E-state index contributed by atoms with van der Waals surface area (Å²) in [6, 6.07) is -0.555. The maximum atomic E-state index is 11.2. The quantitative estimate of drug-likeness (QED) is 0.361. The Morgan fingerprint density at radius 3 is 2.64 bits per heavy atom. The molecule has 14 heavy (non-hydrogen) atoms. The molecule has 5 heteroatoms. The fourth-order valence-electron chi connectivity index (χ4n) is 0.971. The van der Waals surface area contributed by atoms with Crippen molar-refractivity contribution in [3.05, 3.63) is 0 Å². The van der Waals surface area contributed by atoms with Gasteiger partial charge in [0.05, 0.1) is 6.61 Å². The molecule has 0 spiro atoms. The van der Waals surface area contributed by atoms with Crippen LogP contribution in [0.1, 0.15) is 25.7 Å². The zero-order valence-electron chi connectivity index (χ0n) is 8.45. The van der Waals surface area contributed by atoms with Crippen molar-refractivity contribution in [3.8, 4) is 0 Å². The van der Waals surface area contributed by atoms with Crippen LogP contribution in [0.5, 0.6) is 0 Å². The molecule has 0 amide bonds. The molecule has 0 aromatic heterocycles. The first-order chi connectivity index (χ1) is 6.72. The lowest BCUT2D eigenvalue weighted by Crippen LogP contribution is -2.32. The highest BCUT2D eigenvalue weighted by molar-refractivity contribution is 5.75. The summed E-state index contributed by atoms with van der Waals surface area (Å²) in [7, 11) is 0. The van der Waals surface area contributed by atoms with Gasteiger partial charge >= 0.3 is 5.97 Å². The summed E-state index contributed by atoms with van der Waals surface area (Å²) in [6.07, 6.45) is 2.78. The molecule has 1 atom stereocenters. The van der Waals surface area contributed by atoms with Gasteiger partial charge in [-0.05, 0) is 19.4 Å². The highest BCUT2D eigenvalue weighted by Crippen LogP contribution is 2.00. The maximum Gasteiger partial charge on any atom is 0.322 e. The Bertz CT molecular complexity index is 153. The fraction of sp³-hybridized carbons (Fsp3) is 0.889. The molecule has 0 aromatic rings. The summed E-state index contributed by atoms with van der Waals surface area (Å²) in [5.74, 6) is -0.393. The van der Waals surface area contributed by atoms with E-state index in [0.717, 1.165) is 12.8 Å². The van der Waals surface area contributed by atoms with Gasteiger partial charge in [0, 0.05) is 13.0 Å². The molecular formula is C9H20N2O3. The monoisotopic (exact) mass is 204 g/mol. The normalized spacial score (nSPS) is 12.5. The van der Waals surface area contributed by atoms with Crippen LogP contribution in [-0.2, 0) is 9.53 Å². The van der Waals surface area contributed by atoms with Crippen LogP contribution in [0.15, 0.2) is 0 Å². The van der Waals surface area contributed by atoms with E-state index >= 15 is 0 Å². The Balaban J connectivity index is 3.44. The van der Waals surface area contributed by atoms with Crippen molar-refractivity contribution < 1.29 is 14.6 Å². The minimum atomic E-state index is -0.555. The van der Waals surface area contributed by atoms with Gasteiger partial charge in [-0.25, -0.2) is 0 Å². The van der Waals surface area contributed by atoms with E-state index in [9.17, 15) is 4.79 Å². The van der Waals surface area contributed by atoms with Crippen LogP contribution in [0, 0.1) is 0 Å². The lowest BCUT2D eigenvalue weighted by atomic mass is 10.1. The van der Waals surface area contributed by atoms with Gasteiger partial charge in [0.25, 0.3) is 0 Å². The number of rotatable bonds is 8. The van der Waals surface area contributed by atoms with Gasteiger partial charge < -0.3 is 21.3 Å². The van der Waals surface area contributed by atoms with E-state index in [1.165, 1.54) is 0 Å². The Labute approximate surface area is 84.4 Å². The Hall–Kier alpha value is -0.650. The molecule has 0 rings (SSSR count). The van der Waals surface area contributed by atoms with E-state index < -0.39 is 12.0 Å². The zero-order valence-corrected chi connectivity index (χ0v) is 8.45. The van der Waals surface area contributed by atoms with Gasteiger partial charge in [-0.1, -0.05) is 6.42 Å². The number of aliphatic hydroxyl groups excluding tert-OH is 1. The molecule has 0 saturated heterocycles. The smallest absolute Gasteiger partial charge is 0.322 e. The molecule has 0 fully saturated rings. The summed E-state index contributed by atoms with van der Waals surface area (Å²) in [6.45, 7) is 0.877. The molecule has 0 aromatic carbocycles. The molecule has 0 aliphatic rings. The third-order valence-corrected chi connectivity index (χ3v) is 1.82. The van der Waals surface area contributed by atoms with E-state index in [1.54, 1.807) is 0 Å². The third kappa shape index (κ3) is 6.82. The standard InChI is InChI=1S/C9H20N2O3/c10-5-2-1-4-8(11)9(13)14-7-3-6-12/h8,12H,1-7,10-11H2/t8-/m0/s1. The average Bonchev–Trinajstić information content (AvgIpc) is 2.18. The minimum absolute atomic E-state index is 0.0235. The predicted molar refractivity (Wildman–Crippen MR) is 53.5 cm³/mol. The third-order valence-electron chi connectivity index (χ3n) is 1.82. The number of esters is 1. The maximum absolute atomic E-state index is 11.2. The lowest BCUT2D eigenvalue weighted by Gasteiger charge is -2.10. The average molecular weight is 204 g/mol. The van der Waals surface area contributed by atoms with Gasteiger partial charge in [0.2, 0.25) is 0 Å². The second-order valence-electron chi connectivity index (χ2n) is 3.14. The van der Waals surface area contributed by atoms with Gasteiger partial charge in [0.1, 0.15) is 6.04 Å². The van der Waals surface area contributed by atoms with Gasteiger partial charge in [-0.3, -0.25) is 4.79 Å². The Morgan fingerprint density at radius 2 is 2.07 bits per heavy atom. The number of aliphatic hydroxyl groups is 1. The second kappa shape index (κ2) is 8.93. The topological polar surface area (TPSA) is 98.6 Å². The van der Waals surface area contributed by atoms with Crippen LogP contribution in [0.2, 0.25) is 0 Å². The van der Waals surface area contributed by atoms with E-state index in [-0.39, 0.29) is 13.2 Å². The summed E-state index contributed by atoms with van der Waals surface area (Å²) >= 11 is 0. The van der Waals surface area contributed by atoms with E-state index in [0.29, 0.717) is 19.4 Å². The van der Waals surface area contributed by atoms with Crippen LogP contribution in [0.3, 0.4) is 0 Å². The largest absolute Gasteiger partial charge is 0.464 e. The molecule has 0 saturated carbocycles. The molecule has 5 N–H and O–H groups in total. The highest BCUT2D eigenvalue weighted by atomic mass is 16.5. The van der Waals surface area contributed by atoms with Crippen LogP contribution in [0.4, 0.5) is 0 Å². The van der Waals surface area contributed by atoms with E-state index in [2.05, 4.69) is 0 Å².